The summed E-state index contributed by atoms with van der Waals surface area (Å²) in [4.78, 5) is 13.7. The van der Waals surface area contributed by atoms with E-state index in [-0.39, 0.29) is 24.1 Å². The number of nitrogens with zero attached hydrogens (tertiary/aromatic N) is 1. The lowest BCUT2D eigenvalue weighted by atomic mass is 10.1. The number of anilines is 1. The number of hydrogen-bond acceptors (Lipinski definition) is 3. The minimum Gasteiger partial charge on any atom is -0.508 e. The van der Waals surface area contributed by atoms with E-state index in [4.69, 9.17) is 5.73 Å². The maximum absolute atomic E-state index is 12.0. The minimum atomic E-state index is -0.405. The molecule has 0 radical (unpaired) electrons. The highest BCUT2D eigenvalue weighted by Gasteiger charge is 2.30. The first kappa shape index (κ1) is 13.6. The van der Waals surface area contributed by atoms with Crippen molar-refractivity contribution in [3.05, 3.63) is 36.4 Å². The van der Waals surface area contributed by atoms with Gasteiger partial charge in [0.1, 0.15) is 5.75 Å². The molecule has 0 saturated carbocycles. The predicted octanol–water partition coefficient (Wildman–Crippen LogP) is 2.03. The third-order valence-electron chi connectivity index (χ3n) is 3.38. The molecule has 1 aliphatic rings. The van der Waals surface area contributed by atoms with Crippen molar-refractivity contribution in [1.29, 1.82) is 0 Å². The SMILES string of the molecule is Cl.N[C@H]1CCN(c2cccc3ccc(O)cc23)C1=O. The molecule has 3 rings (SSSR count). The first-order valence-corrected chi connectivity index (χ1v) is 5.95. The summed E-state index contributed by atoms with van der Waals surface area (Å²) < 4.78 is 0. The van der Waals surface area contributed by atoms with Gasteiger partial charge in [0.05, 0.1) is 11.7 Å². The highest BCUT2D eigenvalue weighted by Crippen LogP contribution is 2.31. The van der Waals surface area contributed by atoms with Crippen LogP contribution in [0, 0.1) is 0 Å². The first-order chi connectivity index (χ1) is 8.66. The van der Waals surface area contributed by atoms with Gasteiger partial charge in [-0.15, -0.1) is 12.4 Å². The van der Waals surface area contributed by atoms with E-state index in [9.17, 15) is 9.90 Å². The molecule has 100 valence electrons. The molecule has 0 aliphatic carbocycles. The Morgan fingerprint density at radius 1 is 1.26 bits per heavy atom. The zero-order valence-corrected chi connectivity index (χ0v) is 11.1. The van der Waals surface area contributed by atoms with Crippen LogP contribution >= 0.6 is 12.4 Å². The Morgan fingerprint density at radius 2 is 2.05 bits per heavy atom. The third-order valence-corrected chi connectivity index (χ3v) is 3.38. The summed E-state index contributed by atoms with van der Waals surface area (Å²) >= 11 is 0. The van der Waals surface area contributed by atoms with Crippen LogP contribution in [0.4, 0.5) is 5.69 Å². The van der Waals surface area contributed by atoms with E-state index in [0.717, 1.165) is 16.5 Å². The molecule has 1 heterocycles. The summed E-state index contributed by atoms with van der Waals surface area (Å²) in [5.41, 5.74) is 6.56. The van der Waals surface area contributed by atoms with E-state index in [0.29, 0.717) is 13.0 Å². The van der Waals surface area contributed by atoms with Crippen molar-refractivity contribution in [2.45, 2.75) is 12.5 Å². The molecule has 0 aromatic heterocycles. The molecule has 1 saturated heterocycles. The molecule has 0 bridgehead atoms. The second-order valence-corrected chi connectivity index (χ2v) is 4.57. The zero-order chi connectivity index (χ0) is 12.7. The molecule has 1 fully saturated rings. The summed E-state index contributed by atoms with van der Waals surface area (Å²) in [6, 6.07) is 10.5. The first-order valence-electron chi connectivity index (χ1n) is 5.95. The Hall–Kier alpha value is -1.78. The molecule has 2 aromatic carbocycles. The summed E-state index contributed by atoms with van der Waals surface area (Å²) in [5.74, 6) is 0.150. The van der Waals surface area contributed by atoms with E-state index in [1.54, 1.807) is 17.0 Å². The van der Waals surface area contributed by atoms with Gasteiger partial charge in [0.2, 0.25) is 5.91 Å². The maximum atomic E-state index is 12.0. The minimum absolute atomic E-state index is 0. The van der Waals surface area contributed by atoms with E-state index < -0.39 is 6.04 Å². The van der Waals surface area contributed by atoms with Gasteiger partial charge in [0, 0.05) is 11.9 Å². The van der Waals surface area contributed by atoms with Crippen molar-refractivity contribution in [3.63, 3.8) is 0 Å². The van der Waals surface area contributed by atoms with Crippen LogP contribution < -0.4 is 10.6 Å². The van der Waals surface area contributed by atoms with Crippen LogP contribution in [0.5, 0.6) is 5.75 Å². The number of nitrogens with two attached hydrogens (primary N) is 1. The van der Waals surface area contributed by atoms with E-state index >= 15 is 0 Å². The number of halogens is 1. The molecule has 5 heteroatoms. The van der Waals surface area contributed by atoms with Crippen molar-refractivity contribution in [1.82, 2.24) is 0 Å². The highest BCUT2D eigenvalue weighted by molar-refractivity contribution is 6.07. The molecule has 1 atom stereocenters. The second kappa shape index (κ2) is 5.07. The number of hydrogen-bond donors (Lipinski definition) is 2. The molecule has 3 N–H and O–H groups in total. The van der Waals surface area contributed by atoms with Crippen LogP contribution in [0.25, 0.3) is 10.8 Å². The largest absolute Gasteiger partial charge is 0.508 e. The number of benzene rings is 2. The smallest absolute Gasteiger partial charge is 0.243 e. The molecule has 4 nitrogen and oxygen atoms in total. The fraction of sp³-hybridized carbons (Fsp3) is 0.214. The second-order valence-electron chi connectivity index (χ2n) is 4.57. The third kappa shape index (κ3) is 2.25. The number of rotatable bonds is 1. The standard InChI is InChI=1S/C14H14N2O2.ClH/c15-12-6-7-16(14(12)18)13-3-1-2-9-4-5-10(17)8-11(9)13;/h1-5,8,12,17H,6-7,15H2;1H/t12-;/m0./s1. The summed E-state index contributed by atoms with van der Waals surface area (Å²) in [5, 5.41) is 11.5. The van der Waals surface area contributed by atoms with Crippen LogP contribution in [0.3, 0.4) is 0 Å². The quantitative estimate of drug-likeness (QED) is 0.839. The average Bonchev–Trinajstić information content (AvgIpc) is 2.69. The highest BCUT2D eigenvalue weighted by atomic mass is 35.5. The summed E-state index contributed by atoms with van der Waals surface area (Å²) in [6.07, 6.45) is 0.675. The van der Waals surface area contributed by atoms with Gasteiger partial charge in [-0.05, 0) is 30.0 Å². The number of carbonyl (C=O) groups excluding carboxylic acids is 1. The Kier molecular flexibility index (Phi) is 3.64. The molecule has 0 spiro atoms. The van der Waals surface area contributed by atoms with Crippen LogP contribution in [0.1, 0.15) is 6.42 Å². The van der Waals surface area contributed by atoms with Gasteiger partial charge in [0.25, 0.3) is 0 Å². The number of phenolic OH excluding ortho intramolecular Hbond substituents is 1. The average molecular weight is 279 g/mol. The van der Waals surface area contributed by atoms with Crippen molar-refractivity contribution in [3.8, 4) is 5.75 Å². The van der Waals surface area contributed by atoms with Crippen molar-refractivity contribution < 1.29 is 9.90 Å². The van der Waals surface area contributed by atoms with Gasteiger partial charge in [-0.1, -0.05) is 18.2 Å². The molecular weight excluding hydrogens is 264 g/mol. The van der Waals surface area contributed by atoms with Gasteiger partial charge in [-0.25, -0.2) is 0 Å². The molecule has 1 amide bonds. The van der Waals surface area contributed by atoms with Gasteiger partial charge >= 0.3 is 0 Å². The normalized spacial score (nSPS) is 18.7. The molecule has 0 unspecified atom stereocenters. The number of phenols is 1. The maximum Gasteiger partial charge on any atom is 0.243 e. The fourth-order valence-corrected chi connectivity index (χ4v) is 2.42. The monoisotopic (exact) mass is 278 g/mol. The number of aromatic hydroxyl groups is 1. The Balaban J connectivity index is 0.00000133. The topological polar surface area (TPSA) is 66.6 Å². The Morgan fingerprint density at radius 3 is 2.74 bits per heavy atom. The molecule has 19 heavy (non-hydrogen) atoms. The van der Waals surface area contributed by atoms with Crippen LogP contribution in [0.2, 0.25) is 0 Å². The van der Waals surface area contributed by atoms with Gasteiger partial charge < -0.3 is 15.7 Å². The number of fused-ring (bicyclic) bond motifs is 1. The fourth-order valence-electron chi connectivity index (χ4n) is 2.42. The van der Waals surface area contributed by atoms with Gasteiger partial charge in [-0.3, -0.25) is 4.79 Å². The zero-order valence-electron chi connectivity index (χ0n) is 10.2. The lowest BCUT2D eigenvalue weighted by Gasteiger charge is -2.18. The summed E-state index contributed by atoms with van der Waals surface area (Å²) in [7, 11) is 0. The number of amides is 1. The Labute approximate surface area is 117 Å². The van der Waals surface area contributed by atoms with E-state index in [1.807, 2.05) is 24.3 Å². The molecule has 1 aliphatic heterocycles. The van der Waals surface area contributed by atoms with E-state index in [2.05, 4.69) is 0 Å². The van der Waals surface area contributed by atoms with Crippen LogP contribution in [0.15, 0.2) is 36.4 Å². The van der Waals surface area contributed by atoms with Gasteiger partial charge in [0.15, 0.2) is 0 Å². The van der Waals surface area contributed by atoms with E-state index in [1.165, 1.54) is 0 Å². The predicted molar refractivity (Wildman–Crippen MR) is 77.8 cm³/mol. The van der Waals surface area contributed by atoms with Gasteiger partial charge in [-0.2, -0.15) is 0 Å². The lowest BCUT2D eigenvalue weighted by Crippen LogP contribution is -2.34. The van der Waals surface area contributed by atoms with Crippen molar-refractivity contribution in [2.75, 3.05) is 11.4 Å². The van der Waals surface area contributed by atoms with Crippen LogP contribution in [-0.2, 0) is 4.79 Å². The molecule has 2 aromatic rings. The van der Waals surface area contributed by atoms with Crippen molar-refractivity contribution in [2.24, 2.45) is 5.73 Å². The lowest BCUT2D eigenvalue weighted by molar-refractivity contribution is -0.118. The number of carbonyl (C=O) groups is 1. The molecular formula is C14H15ClN2O2. The summed E-state index contributed by atoms with van der Waals surface area (Å²) in [6.45, 7) is 0.634. The van der Waals surface area contributed by atoms with Crippen molar-refractivity contribution >= 4 is 34.8 Å². The van der Waals surface area contributed by atoms with Crippen LogP contribution in [-0.4, -0.2) is 23.6 Å². The Bertz CT molecular complexity index is 630.